The van der Waals surface area contributed by atoms with Crippen LogP contribution in [0.5, 0.6) is 0 Å². The van der Waals surface area contributed by atoms with Crippen molar-refractivity contribution in [3.8, 4) is 0 Å². The normalized spacial score (nSPS) is 15.2. The third-order valence-electron chi connectivity index (χ3n) is 5.33. The van der Waals surface area contributed by atoms with Gasteiger partial charge < -0.3 is 19.7 Å². The molecule has 1 saturated heterocycles. The molecule has 0 unspecified atom stereocenters. The molecule has 1 aliphatic heterocycles. The molecule has 0 aromatic heterocycles. The number of anilines is 2. The van der Waals surface area contributed by atoms with Crippen molar-refractivity contribution in [1.82, 2.24) is 0 Å². The van der Waals surface area contributed by atoms with Crippen LogP contribution in [0.3, 0.4) is 0 Å². The lowest BCUT2D eigenvalue weighted by Crippen LogP contribution is -2.28. The van der Waals surface area contributed by atoms with Gasteiger partial charge >= 0.3 is 11.9 Å². The van der Waals surface area contributed by atoms with Crippen LogP contribution in [0.1, 0.15) is 43.0 Å². The van der Waals surface area contributed by atoms with Crippen molar-refractivity contribution in [2.24, 2.45) is 5.92 Å². The van der Waals surface area contributed by atoms with Crippen LogP contribution in [0, 0.1) is 5.92 Å². The first-order chi connectivity index (χ1) is 16.4. The van der Waals surface area contributed by atoms with Gasteiger partial charge in [-0.15, -0.1) is 0 Å². The molecular formula is C25H27BrN2O6. The summed E-state index contributed by atoms with van der Waals surface area (Å²) in [6.07, 6.45) is 2.87. The third-order valence-corrected chi connectivity index (χ3v) is 5.86. The fourth-order valence-electron chi connectivity index (χ4n) is 3.48. The molecule has 3 rings (SSSR count). The number of rotatable bonds is 10. The average Bonchev–Trinajstić information content (AvgIpc) is 3.23. The maximum absolute atomic E-state index is 12.5. The molecule has 0 aliphatic carbocycles. The Balaban J connectivity index is 1.48. The molecule has 2 aromatic rings. The molecule has 34 heavy (non-hydrogen) atoms. The van der Waals surface area contributed by atoms with Gasteiger partial charge in [-0.3, -0.25) is 14.4 Å². The van der Waals surface area contributed by atoms with Crippen LogP contribution in [0.2, 0.25) is 0 Å². The monoisotopic (exact) mass is 530 g/mol. The van der Waals surface area contributed by atoms with E-state index in [1.165, 1.54) is 4.90 Å². The number of benzene rings is 2. The Bertz CT molecular complexity index is 1020. The largest absolute Gasteiger partial charge is 0.462 e. The van der Waals surface area contributed by atoms with Crippen molar-refractivity contribution in [2.75, 3.05) is 30.0 Å². The number of carbonyl (C=O) groups excluding carboxylic acids is 4. The quantitative estimate of drug-likeness (QED) is 0.362. The minimum Gasteiger partial charge on any atom is -0.462 e. The first kappa shape index (κ1) is 25.4. The molecule has 2 aromatic carbocycles. The minimum absolute atomic E-state index is 0.00557. The van der Waals surface area contributed by atoms with Crippen LogP contribution < -0.4 is 10.2 Å². The van der Waals surface area contributed by atoms with Crippen LogP contribution in [0.15, 0.2) is 53.0 Å². The van der Waals surface area contributed by atoms with Gasteiger partial charge in [0.1, 0.15) is 0 Å². The van der Waals surface area contributed by atoms with Crippen LogP contribution in [0.25, 0.3) is 0 Å². The number of ether oxygens (including phenoxy) is 2. The van der Waals surface area contributed by atoms with Crippen LogP contribution >= 0.6 is 15.9 Å². The van der Waals surface area contributed by atoms with Gasteiger partial charge in [-0.2, -0.15) is 0 Å². The summed E-state index contributed by atoms with van der Waals surface area (Å²) in [6.45, 7) is 2.16. The third kappa shape index (κ3) is 7.15. The van der Waals surface area contributed by atoms with Gasteiger partial charge in [0.2, 0.25) is 5.91 Å². The van der Waals surface area contributed by atoms with Gasteiger partial charge in [0.25, 0.3) is 5.91 Å². The smallest absolute Gasteiger partial charge is 0.338 e. The molecule has 0 saturated carbocycles. The fraction of sp³-hybridized carbons (Fsp3) is 0.360. The summed E-state index contributed by atoms with van der Waals surface area (Å²) >= 11 is 3.31. The number of nitrogens with zero attached hydrogens (tertiary/aromatic N) is 1. The molecular weight excluding hydrogens is 504 g/mol. The molecule has 1 heterocycles. The molecule has 180 valence electrons. The topological polar surface area (TPSA) is 102 Å². The number of hydrogen-bond donors (Lipinski definition) is 1. The van der Waals surface area contributed by atoms with Crippen LogP contribution in [-0.4, -0.2) is 43.5 Å². The zero-order valence-corrected chi connectivity index (χ0v) is 20.5. The summed E-state index contributed by atoms with van der Waals surface area (Å²) in [7, 11) is 0. The van der Waals surface area contributed by atoms with Gasteiger partial charge in [0.15, 0.2) is 6.61 Å². The summed E-state index contributed by atoms with van der Waals surface area (Å²) in [5.74, 6) is -2.37. The van der Waals surface area contributed by atoms with E-state index in [0.29, 0.717) is 23.5 Å². The number of carbonyl (C=O) groups is 4. The molecule has 1 N–H and O–H groups in total. The molecule has 0 radical (unpaired) electrons. The van der Waals surface area contributed by atoms with E-state index in [2.05, 4.69) is 28.2 Å². The number of halogens is 1. The number of hydrogen-bond acceptors (Lipinski definition) is 6. The summed E-state index contributed by atoms with van der Waals surface area (Å²) in [5.41, 5.74) is 1.57. The van der Waals surface area contributed by atoms with E-state index in [0.717, 1.165) is 23.7 Å². The second-order valence-electron chi connectivity index (χ2n) is 7.96. The molecule has 0 bridgehead atoms. The Hall–Kier alpha value is -3.20. The maximum atomic E-state index is 12.5. The lowest BCUT2D eigenvalue weighted by molar-refractivity contribution is -0.151. The summed E-state index contributed by atoms with van der Waals surface area (Å²) < 4.78 is 11.2. The molecule has 8 nitrogen and oxygen atoms in total. The molecule has 0 spiro atoms. The highest BCUT2D eigenvalue weighted by atomic mass is 79.9. The van der Waals surface area contributed by atoms with Gasteiger partial charge in [0.05, 0.1) is 18.1 Å². The zero-order chi connectivity index (χ0) is 24.5. The Kier molecular flexibility index (Phi) is 9.21. The van der Waals surface area contributed by atoms with E-state index in [9.17, 15) is 19.2 Å². The molecule has 1 fully saturated rings. The summed E-state index contributed by atoms with van der Waals surface area (Å²) in [6, 6.07) is 13.5. The molecule has 9 heteroatoms. The van der Waals surface area contributed by atoms with Crippen LogP contribution in [0.4, 0.5) is 11.4 Å². The number of nitrogens with one attached hydrogen (secondary N) is 1. The first-order valence-corrected chi connectivity index (χ1v) is 12.0. The van der Waals surface area contributed by atoms with E-state index in [4.69, 9.17) is 9.47 Å². The summed E-state index contributed by atoms with van der Waals surface area (Å²) in [5, 5.41) is 2.64. The lowest BCUT2D eigenvalue weighted by atomic mass is 10.1. The molecule has 1 aliphatic rings. The Morgan fingerprint density at radius 1 is 1.03 bits per heavy atom. The Morgan fingerprint density at radius 2 is 1.74 bits per heavy atom. The van der Waals surface area contributed by atoms with Gasteiger partial charge in [-0.25, -0.2) is 4.79 Å². The minimum atomic E-state index is -0.670. The summed E-state index contributed by atoms with van der Waals surface area (Å²) in [4.78, 5) is 50.5. The van der Waals surface area contributed by atoms with Crippen molar-refractivity contribution >= 4 is 51.1 Å². The second-order valence-corrected chi connectivity index (χ2v) is 8.87. The number of unbranched alkanes of at least 4 members (excludes halogenated alkanes) is 2. The van der Waals surface area contributed by atoms with Crippen molar-refractivity contribution in [2.45, 2.75) is 32.6 Å². The Labute approximate surface area is 206 Å². The predicted molar refractivity (Wildman–Crippen MR) is 130 cm³/mol. The van der Waals surface area contributed by atoms with E-state index in [-0.39, 0.29) is 18.9 Å². The molecule has 1 atom stereocenters. The lowest BCUT2D eigenvalue weighted by Gasteiger charge is -2.17. The fourth-order valence-corrected chi connectivity index (χ4v) is 3.74. The first-order valence-electron chi connectivity index (χ1n) is 11.2. The highest BCUT2D eigenvalue weighted by molar-refractivity contribution is 9.10. The van der Waals surface area contributed by atoms with Crippen molar-refractivity contribution in [3.63, 3.8) is 0 Å². The Morgan fingerprint density at radius 3 is 2.41 bits per heavy atom. The van der Waals surface area contributed by atoms with E-state index < -0.39 is 30.4 Å². The van der Waals surface area contributed by atoms with Gasteiger partial charge in [-0.1, -0.05) is 35.7 Å². The SMILES string of the molecule is CCCCCOC(=O)c1ccc(N2C[C@H](C(=O)OCC(=O)Nc3ccc(Br)cc3)CC2=O)cc1. The van der Waals surface area contributed by atoms with Crippen molar-refractivity contribution < 1.29 is 28.7 Å². The predicted octanol–water partition coefficient (Wildman–Crippen LogP) is 4.33. The average molecular weight is 531 g/mol. The van der Waals surface area contributed by atoms with E-state index >= 15 is 0 Å². The standard InChI is InChI=1S/C25H27BrN2O6/c1-2-3-4-13-33-24(31)17-5-11-21(12-6-17)28-15-18(14-23(28)30)25(32)34-16-22(29)27-20-9-7-19(26)8-10-20/h5-12,18H,2-4,13-16H2,1H3,(H,27,29)/t18-/m1/s1. The van der Waals surface area contributed by atoms with Crippen molar-refractivity contribution in [3.05, 3.63) is 58.6 Å². The van der Waals surface area contributed by atoms with Gasteiger partial charge in [0, 0.05) is 28.8 Å². The van der Waals surface area contributed by atoms with E-state index in [1.54, 1.807) is 48.5 Å². The second kappa shape index (κ2) is 12.3. The van der Waals surface area contributed by atoms with Crippen LogP contribution in [-0.2, 0) is 23.9 Å². The van der Waals surface area contributed by atoms with E-state index in [1.807, 2.05) is 0 Å². The molecule has 2 amide bonds. The zero-order valence-electron chi connectivity index (χ0n) is 18.9. The number of esters is 2. The highest BCUT2D eigenvalue weighted by Gasteiger charge is 2.36. The number of amides is 2. The highest BCUT2D eigenvalue weighted by Crippen LogP contribution is 2.26. The maximum Gasteiger partial charge on any atom is 0.338 e. The van der Waals surface area contributed by atoms with Gasteiger partial charge in [-0.05, 0) is 55.0 Å². The van der Waals surface area contributed by atoms with Crippen molar-refractivity contribution in [1.29, 1.82) is 0 Å².